The summed E-state index contributed by atoms with van der Waals surface area (Å²) in [5, 5.41) is 3.61. The summed E-state index contributed by atoms with van der Waals surface area (Å²) >= 11 is 0. The molecule has 1 N–H and O–H groups in total. The largest absolute Gasteiger partial charge is 0.381 e. The molecule has 2 unspecified atom stereocenters. The van der Waals surface area contributed by atoms with Crippen molar-refractivity contribution in [1.29, 1.82) is 0 Å². The van der Waals surface area contributed by atoms with E-state index in [1.807, 2.05) is 12.5 Å². The van der Waals surface area contributed by atoms with Gasteiger partial charge in [0.25, 0.3) is 0 Å². The fourth-order valence-electron chi connectivity index (χ4n) is 2.64. The van der Waals surface area contributed by atoms with Gasteiger partial charge in [-0.05, 0) is 13.3 Å². The van der Waals surface area contributed by atoms with Crippen molar-refractivity contribution in [2.24, 2.45) is 5.41 Å². The molecule has 1 saturated carbocycles. The van der Waals surface area contributed by atoms with Crippen molar-refractivity contribution in [3.63, 3.8) is 0 Å². The molecule has 0 bridgehead atoms. The van der Waals surface area contributed by atoms with E-state index in [0.29, 0.717) is 12.1 Å². The molecule has 1 heterocycles. The van der Waals surface area contributed by atoms with Crippen LogP contribution < -0.4 is 5.32 Å². The first-order valence-electron chi connectivity index (χ1n) is 6.34. The van der Waals surface area contributed by atoms with Crippen molar-refractivity contribution < 1.29 is 4.74 Å². The number of ether oxygens (including phenoxy) is 1. The molecule has 96 valence electrons. The Morgan fingerprint density at radius 1 is 1.59 bits per heavy atom. The number of nitrogens with one attached hydrogen (secondary N) is 1. The Hall–Kier alpha value is -0.870. The van der Waals surface area contributed by atoms with Crippen LogP contribution in [0.2, 0.25) is 0 Å². The third-order valence-corrected chi connectivity index (χ3v) is 4.13. The van der Waals surface area contributed by atoms with Gasteiger partial charge in [0.2, 0.25) is 0 Å². The Morgan fingerprint density at radius 2 is 2.35 bits per heavy atom. The molecule has 1 fully saturated rings. The highest BCUT2D eigenvalue weighted by Gasteiger charge is 2.48. The van der Waals surface area contributed by atoms with Crippen LogP contribution in [0.15, 0.2) is 12.5 Å². The zero-order valence-corrected chi connectivity index (χ0v) is 11.2. The minimum absolute atomic E-state index is 0.228. The summed E-state index contributed by atoms with van der Waals surface area (Å²) in [5.41, 5.74) is 1.48. The van der Waals surface area contributed by atoms with Gasteiger partial charge in [0, 0.05) is 37.9 Å². The van der Waals surface area contributed by atoms with Crippen molar-refractivity contribution in [3.05, 3.63) is 18.2 Å². The van der Waals surface area contributed by atoms with E-state index in [1.54, 1.807) is 7.11 Å². The molecule has 2 atom stereocenters. The molecule has 0 aliphatic heterocycles. The summed E-state index contributed by atoms with van der Waals surface area (Å²) in [7, 11) is 1.80. The second-order valence-corrected chi connectivity index (χ2v) is 5.39. The molecule has 0 spiro atoms. The van der Waals surface area contributed by atoms with Gasteiger partial charge in [-0.15, -0.1) is 0 Å². The van der Waals surface area contributed by atoms with Crippen molar-refractivity contribution in [3.8, 4) is 0 Å². The number of rotatable bonds is 5. The lowest BCUT2D eigenvalue weighted by molar-refractivity contribution is -0.0980. The summed E-state index contributed by atoms with van der Waals surface area (Å²) < 4.78 is 7.63. The first-order valence-corrected chi connectivity index (χ1v) is 6.34. The predicted molar refractivity (Wildman–Crippen MR) is 67.7 cm³/mol. The summed E-state index contributed by atoms with van der Waals surface area (Å²) in [4.78, 5) is 4.18. The maximum atomic E-state index is 5.46. The Kier molecular flexibility index (Phi) is 3.54. The van der Waals surface area contributed by atoms with Crippen molar-refractivity contribution >= 4 is 0 Å². The van der Waals surface area contributed by atoms with Crippen LogP contribution in [0, 0.1) is 5.41 Å². The summed E-state index contributed by atoms with van der Waals surface area (Å²) in [5.74, 6) is 0. The average Bonchev–Trinajstić information content (AvgIpc) is 2.75. The van der Waals surface area contributed by atoms with Crippen LogP contribution in [-0.2, 0) is 17.8 Å². The lowest BCUT2D eigenvalue weighted by Crippen LogP contribution is -2.60. The summed E-state index contributed by atoms with van der Waals surface area (Å²) in [6.45, 7) is 8.53. The van der Waals surface area contributed by atoms with Crippen LogP contribution in [0.1, 0.15) is 32.9 Å². The topological polar surface area (TPSA) is 39.1 Å². The number of methoxy groups -OCH3 is 1. The van der Waals surface area contributed by atoms with Gasteiger partial charge < -0.3 is 14.6 Å². The predicted octanol–water partition coefficient (Wildman–Crippen LogP) is 1.81. The number of aromatic nitrogens is 2. The van der Waals surface area contributed by atoms with Gasteiger partial charge in [-0.1, -0.05) is 13.8 Å². The van der Waals surface area contributed by atoms with Crippen LogP contribution in [0.3, 0.4) is 0 Å². The van der Waals surface area contributed by atoms with E-state index < -0.39 is 0 Å². The molecule has 1 aromatic rings. The SMILES string of the molecule is CCn1cncc1CNC1CC(OC)C1(C)C. The molecule has 0 radical (unpaired) electrons. The molecule has 4 nitrogen and oxygen atoms in total. The summed E-state index contributed by atoms with van der Waals surface area (Å²) in [6.07, 6.45) is 5.32. The quantitative estimate of drug-likeness (QED) is 0.849. The first-order chi connectivity index (χ1) is 8.09. The maximum absolute atomic E-state index is 5.46. The van der Waals surface area contributed by atoms with Gasteiger partial charge in [-0.25, -0.2) is 4.98 Å². The Balaban J connectivity index is 1.88. The van der Waals surface area contributed by atoms with E-state index in [9.17, 15) is 0 Å². The van der Waals surface area contributed by atoms with Crippen LogP contribution in [0.5, 0.6) is 0 Å². The molecular weight excluding hydrogens is 214 g/mol. The maximum Gasteiger partial charge on any atom is 0.0948 e. The van der Waals surface area contributed by atoms with Crippen molar-refractivity contribution in [2.45, 2.75) is 52.4 Å². The molecule has 1 aromatic heterocycles. The zero-order chi connectivity index (χ0) is 12.5. The van der Waals surface area contributed by atoms with E-state index in [2.05, 4.69) is 35.6 Å². The standard InChI is InChI=1S/C13H23N3O/c1-5-16-9-14-7-10(16)8-15-11-6-12(17-4)13(11,2)3/h7,9,11-12,15H,5-6,8H2,1-4H3. The Bertz CT molecular complexity index is 372. The Labute approximate surface area is 103 Å². The monoisotopic (exact) mass is 237 g/mol. The third-order valence-electron chi connectivity index (χ3n) is 4.13. The van der Waals surface area contributed by atoms with Gasteiger partial charge >= 0.3 is 0 Å². The molecule has 1 aliphatic rings. The fourth-order valence-corrected chi connectivity index (χ4v) is 2.64. The highest BCUT2D eigenvalue weighted by Crippen LogP contribution is 2.42. The minimum atomic E-state index is 0.228. The first kappa shape index (κ1) is 12.6. The van der Waals surface area contributed by atoms with E-state index in [0.717, 1.165) is 19.5 Å². The van der Waals surface area contributed by atoms with Gasteiger partial charge in [0.15, 0.2) is 0 Å². The fraction of sp³-hybridized carbons (Fsp3) is 0.769. The van der Waals surface area contributed by atoms with Crippen LogP contribution >= 0.6 is 0 Å². The highest BCUT2D eigenvalue weighted by molar-refractivity contribution is 5.05. The normalized spacial score (nSPS) is 26.8. The lowest BCUT2D eigenvalue weighted by atomic mass is 9.64. The second kappa shape index (κ2) is 4.78. The number of aryl methyl sites for hydroxylation is 1. The van der Waals surface area contributed by atoms with Gasteiger partial charge in [0.1, 0.15) is 0 Å². The smallest absolute Gasteiger partial charge is 0.0948 e. The molecule has 1 aliphatic carbocycles. The highest BCUT2D eigenvalue weighted by atomic mass is 16.5. The average molecular weight is 237 g/mol. The molecule has 2 rings (SSSR count). The zero-order valence-electron chi connectivity index (χ0n) is 11.2. The number of hydrogen-bond acceptors (Lipinski definition) is 3. The number of hydrogen-bond donors (Lipinski definition) is 1. The van der Waals surface area contributed by atoms with Gasteiger partial charge in [0.05, 0.1) is 18.1 Å². The second-order valence-electron chi connectivity index (χ2n) is 5.39. The molecular formula is C13H23N3O. The van der Waals surface area contributed by atoms with E-state index in [-0.39, 0.29) is 5.41 Å². The molecule has 0 saturated heterocycles. The summed E-state index contributed by atoms with van der Waals surface area (Å²) in [6, 6.07) is 0.535. The number of imidazole rings is 1. The van der Waals surface area contributed by atoms with Gasteiger partial charge in [-0.3, -0.25) is 0 Å². The van der Waals surface area contributed by atoms with Crippen LogP contribution in [0.4, 0.5) is 0 Å². The third kappa shape index (κ3) is 2.24. The van der Waals surface area contributed by atoms with Crippen molar-refractivity contribution in [2.75, 3.05) is 7.11 Å². The molecule has 4 heteroatoms. The lowest BCUT2D eigenvalue weighted by Gasteiger charge is -2.51. The van der Waals surface area contributed by atoms with E-state index >= 15 is 0 Å². The van der Waals surface area contributed by atoms with Crippen molar-refractivity contribution in [1.82, 2.24) is 14.9 Å². The molecule has 17 heavy (non-hydrogen) atoms. The Morgan fingerprint density at radius 3 is 2.94 bits per heavy atom. The molecule has 0 aromatic carbocycles. The van der Waals surface area contributed by atoms with E-state index in [1.165, 1.54) is 5.69 Å². The van der Waals surface area contributed by atoms with Gasteiger partial charge in [-0.2, -0.15) is 0 Å². The van der Waals surface area contributed by atoms with Crippen LogP contribution in [-0.4, -0.2) is 28.8 Å². The van der Waals surface area contributed by atoms with E-state index in [4.69, 9.17) is 4.74 Å². The molecule has 0 amide bonds. The number of nitrogens with zero attached hydrogens (tertiary/aromatic N) is 2. The minimum Gasteiger partial charge on any atom is -0.381 e. The van der Waals surface area contributed by atoms with Crippen LogP contribution in [0.25, 0.3) is 0 Å².